The molecule has 0 spiro atoms. The molecular weight excluding hydrogens is 504 g/mol. The van der Waals surface area contributed by atoms with E-state index in [0.717, 1.165) is 35.5 Å². The first-order valence-electron chi connectivity index (χ1n) is 12.6. The van der Waals surface area contributed by atoms with E-state index in [4.69, 9.17) is 16.6 Å². The number of nitrogens with zero attached hydrogens (tertiary/aromatic N) is 6. The summed E-state index contributed by atoms with van der Waals surface area (Å²) in [7, 11) is 0. The maximum absolute atomic E-state index is 13.4. The van der Waals surface area contributed by atoms with Gasteiger partial charge in [-0.05, 0) is 38.8 Å². The van der Waals surface area contributed by atoms with E-state index in [1.165, 1.54) is 4.52 Å². The Labute approximate surface area is 223 Å². The first-order chi connectivity index (χ1) is 18.4. The van der Waals surface area contributed by atoms with Gasteiger partial charge in [0.05, 0.1) is 29.3 Å². The molecule has 0 unspecified atom stereocenters. The van der Waals surface area contributed by atoms with Crippen LogP contribution in [0.4, 0.5) is 0 Å². The Hall–Kier alpha value is -4.18. The van der Waals surface area contributed by atoms with E-state index >= 15 is 0 Å². The van der Waals surface area contributed by atoms with Gasteiger partial charge in [0.25, 0.3) is 11.5 Å². The predicted octanol–water partition coefficient (Wildman–Crippen LogP) is 4.15. The molecule has 0 aliphatic carbocycles. The number of halogens is 1. The van der Waals surface area contributed by atoms with Crippen LogP contribution in [-0.2, 0) is 19.5 Å². The Bertz CT molecular complexity index is 1760. The molecule has 0 saturated carbocycles. The van der Waals surface area contributed by atoms with E-state index < -0.39 is 0 Å². The molecule has 6 rings (SSSR count). The highest BCUT2D eigenvalue weighted by molar-refractivity contribution is 6.33. The quantitative estimate of drug-likeness (QED) is 0.354. The number of aryl methyl sites for hydroxylation is 2. The lowest BCUT2D eigenvalue weighted by Crippen LogP contribution is -2.39. The van der Waals surface area contributed by atoms with Crippen molar-refractivity contribution in [2.75, 3.05) is 6.54 Å². The molecule has 1 aliphatic heterocycles. The molecule has 194 valence electrons. The van der Waals surface area contributed by atoms with Gasteiger partial charge in [0.15, 0.2) is 5.65 Å². The molecule has 1 amide bonds. The Morgan fingerprint density at radius 3 is 2.79 bits per heavy atom. The average Bonchev–Trinajstić information content (AvgIpc) is 3.62. The molecule has 5 heterocycles. The lowest BCUT2D eigenvalue weighted by atomic mass is 10.1. The molecule has 0 bridgehead atoms. The molecule has 11 heteroatoms. The number of carbonyl (C=O) groups is 1. The number of hydrogen-bond donors (Lipinski definition) is 2. The second-order valence-corrected chi connectivity index (χ2v) is 10.0. The molecule has 4 aromatic heterocycles. The van der Waals surface area contributed by atoms with Crippen molar-refractivity contribution in [3.05, 3.63) is 80.1 Å². The average molecular weight is 531 g/mol. The van der Waals surface area contributed by atoms with E-state index in [-0.39, 0.29) is 18.0 Å². The maximum atomic E-state index is 13.4. The summed E-state index contributed by atoms with van der Waals surface area (Å²) < 4.78 is 3.42. The van der Waals surface area contributed by atoms with Gasteiger partial charge in [-0.3, -0.25) is 24.5 Å². The highest BCUT2D eigenvalue weighted by Crippen LogP contribution is 2.28. The van der Waals surface area contributed by atoms with E-state index in [2.05, 4.69) is 27.3 Å². The lowest BCUT2D eigenvalue weighted by molar-refractivity contribution is 0.0725. The van der Waals surface area contributed by atoms with Gasteiger partial charge >= 0.3 is 0 Å². The van der Waals surface area contributed by atoms with Gasteiger partial charge in [-0.1, -0.05) is 36.7 Å². The summed E-state index contributed by atoms with van der Waals surface area (Å²) in [5.74, 6) is -0.182. The van der Waals surface area contributed by atoms with E-state index in [9.17, 15) is 9.59 Å². The zero-order valence-electron chi connectivity index (χ0n) is 21.4. The summed E-state index contributed by atoms with van der Waals surface area (Å²) in [4.78, 5) is 33.1. The largest absolute Gasteiger partial charge is 0.331 e. The Morgan fingerprint density at radius 1 is 1.18 bits per heavy atom. The minimum Gasteiger partial charge on any atom is -0.331 e. The summed E-state index contributed by atoms with van der Waals surface area (Å²) >= 11 is 6.35. The lowest BCUT2D eigenvalue weighted by Gasteiger charge is -2.27. The van der Waals surface area contributed by atoms with Crippen molar-refractivity contribution < 1.29 is 4.79 Å². The van der Waals surface area contributed by atoms with Crippen molar-refractivity contribution in [3.8, 4) is 22.5 Å². The van der Waals surface area contributed by atoms with Crippen molar-refractivity contribution in [1.82, 2.24) is 39.5 Å². The van der Waals surface area contributed by atoms with Crippen LogP contribution < -0.4 is 5.56 Å². The molecule has 2 N–H and O–H groups in total. The highest BCUT2D eigenvalue weighted by atomic mass is 35.5. The number of amides is 1. The Morgan fingerprint density at radius 2 is 2.00 bits per heavy atom. The van der Waals surface area contributed by atoms with Crippen LogP contribution >= 0.6 is 11.6 Å². The van der Waals surface area contributed by atoms with Crippen molar-refractivity contribution in [2.24, 2.45) is 0 Å². The van der Waals surface area contributed by atoms with Crippen LogP contribution in [-0.4, -0.2) is 51.9 Å². The van der Waals surface area contributed by atoms with Crippen LogP contribution in [0.5, 0.6) is 0 Å². The Balaban J connectivity index is 1.28. The van der Waals surface area contributed by atoms with Crippen molar-refractivity contribution in [2.45, 2.75) is 46.7 Å². The summed E-state index contributed by atoms with van der Waals surface area (Å²) in [6, 6.07) is 11.0. The number of rotatable bonds is 5. The second-order valence-electron chi connectivity index (χ2n) is 9.60. The van der Waals surface area contributed by atoms with Gasteiger partial charge in [-0.15, -0.1) is 0 Å². The molecule has 0 fully saturated rings. The number of aromatic nitrogens is 7. The first-order valence-corrected chi connectivity index (χ1v) is 13.0. The van der Waals surface area contributed by atoms with Crippen LogP contribution in [0.2, 0.25) is 5.02 Å². The van der Waals surface area contributed by atoms with Gasteiger partial charge in [0, 0.05) is 46.6 Å². The second kappa shape index (κ2) is 9.29. The highest BCUT2D eigenvalue weighted by Gasteiger charge is 2.28. The van der Waals surface area contributed by atoms with Crippen molar-refractivity contribution in [3.63, 3.8) is 0 Å². The third kappa shape index (κ3) is 3.92. The number of carbonyl (C=O) groups excluding carboxylic acids is 1. The Kier molecular flexibility index (Phi) is 5.91. The zero-order chi connectivity index (χ0) is 26.6. The van der Waals surface area contributed by atoms with Gasteiger partial charge < -0.3 is 4.90 Å². The van der Waals surface area contributed by atoms with Crippen molar-refractivity contribution >= 4 is 23.2 Å². The third-order valence-electron chi connectivity index (χ3n) is 7.10. The molecule has 10 nitrogen and oxygen atoms in total. The number of H-pyrrole nitrogens is 2. The molecule has 0 radical (unpaired) electrons. The number of nitrogens with one attached hydrogen (secondary N) is 2. The molecule has 38 heavy (non-hydrogen) atoms. The van der Waals surface area contributed by atoms with E-state index in [1.54, 1.807) is 23.1 Å². The molecule has 1 aromatic carbocycles. The smallest absolute Gasteiger partial charge is 0.276 e. The number of hydrogen-bond acceptors (Lipinski definition) is 5. The van der Waals surface area contributed by atoms with Crippen LogP contribution in [0.1, 0.15) is 46.5 Å². The normalized spacial score (nSPS) is 13.3. The fourth-order valence-electron chi connectivity index (χ4n) is 5.21. The van der Waals surface area contributed by atoms with Crippen LogP contribution in [0, 0.1) is 13.8 Å². The topological polar surface area (TPSA) is 117 Å². The standard InChI is InChI=1S/C27H27ClN8O2/c1-4-10-35-16(3)25(15(2)32-35)21-12-22(31-30-21)27(38)34-11-9-18-23(14-34)29-24-13-20(33-36(24)26(18)37)17-7-5-6-8-19(17)28/h5-8,12-13,33H,4,9-11,14H2,1-3H3,(H,30,31). The van der Waals surface area contributed by atoms with Crippen LogP contribution in [0.3, 0.4) is 0 Å². The minimum atomic E-state index is -0.182. The van der Waals surface area contributed by atoms with E-state index in [0.29, 0.717) is 52.0 Å². The molecule has 0 atom stereocenters. The monoisotopic (exact) mass is 530 g/mol. The van der Waals surface area contributed by atoms with Crippen LogP contribution in [0.15, 0.2) is 41.2 Å². The fourth-order valence-corrected chi connectivity index (χ4v) is 5.45. The van der Waals surface area contributed by atoms with Gasteiger partial charge in [0.1, 0.15) is 5.69 Å². The molecule has 0 saturated heterocycles. The maximum Gasteiger partial charge on any atom is 0.276 e. The number of benzene rings is 1. The third-order valence-corrected chi connectivity index (χ3v) is 7.43. The zero-order valence-corrected chi connectivity index (χ0v) is 22.1. The summed E-state index contributed by atoms with van der Waals surface area (Å²) in [5.41, 5.74) is 6.96. The molecule has 1 aliphatic rings. The van der Waals surface area contributed by atoms with Crippen molar-refractivity contribution in [1.29, 1.82) is 0 Å². The summed E-state index contributed by atoms with van der Waals surface area (Å²) in [6.07, 6.45) is 1.40. The summed E-state index contributed by atoms with van der Waals surface area (Å²) in [5, 5.41) is 15.7. The van der Waals surface area contributed by atoms with E-state index in [1.807, 2.05) is 36.7 Å². The van der Waals surface area contributed by atoms with Crippen LogP contribution in [0.25, 0.3) is 28.2 Å². The minimum absolute atomic E-state index is 0.158. The predicted molar refractivity (Wildman–Crippen MR) is 144 cm³/mol. The van der Waals surface area contributed by atoms with Gasteiger partial charge in [-0.2, -0.15) is 10.2 Å². The summed E-state index contributed by atoms with van der Waals surface area (Å²) in [6.45, 7) is 7.57. The van der Waals surface area contributed by atoms with Gasteiger partial charge in [0.2, 0.25) is 0 Å². The van der Waals surface area contributed by atoms with Gasteiger partial charge in [-0.25, -0.2) is 9.50 Å². The SMILES string of the molecule is CCCn1nc(C)c(-c2cc(C(=O)N3CCc4c(nc5cc(-c6ccccc6Cl)[nH]n5c4=O)C3)[nH]n2)c1C. The first kappa shape index (κ1) is 24.2. The fraction of sp³-hybridized carbons (Fsp3) is 0.296. The number of aromatic amines is 2. The number of fused-ring (bicyclic) bond motifs is 2. The molecule has 5 aromatic rings. The molecular formula is C27H27ClN8O2.